The van der Waals surface area contributed by atoms with Crippen LogP contribution in [0, 0.1) is 0 Å². The van der Waals surface area contributed by atoms with Crippen molar-refractivity contribution in [2.24, 2.45) is 5.10 Å². The van der Waals surface area contributed by atoms with Crippen molar-refractivity contribution in [2.45, 2.75) is 13.0 Å². The van der Waals surface area contributed by atoms with Crippen LogP contribution in [0.25, 0.3) is 0 Å². The Balaban J connectivity index is 1.51. The van der Waals surface area contributed by atoms with Gasteiger partial charge in [0, 0.05) is 4.47 Å². The van der Waals surface area contributed by atoms with Gasteiger partial charge in [-0.1, -0.05) is 58.4 Å². The summed E-state index contributed by atoms with van der Waals surface area (Å²) in [4.78, 5) is 12.0. The molecule has 1 N–H and O–H groups in total. The molecule has 142 valence electrons. The lowest BCUT2D eigenvalue weighted by atomic mass is 10.1. The Morgan fingerprint density at radius 1 is 0.964 bits per heavy atom. The maximum Gasteiger partial charge on any atom is 0.244 e. The summed E-state index contributed by atoms with van der Waals surface area (Å²) >= 11 is 6.89. The molecule has 6 heteroatoms. The van der Waals surface area contributed by atoms with E-state index in [1.807, 2.05) is 72.8 Å². The van der Waals surface area contributed by atoms with Gasteiger partial charge in [0.2, 0.25) is 5.91 Å². The van der Waals surface area contributed by atoms with Gasteiger partial charge in [-0.05, 0) is 63.0 Å². The van der Waals surface area contributed by atoms with E-state index in [2.05, 4.69) is 42.4 Å². The molecule has 0 aliphatic carbocycles. The van der Waals surface area contributed by atoms with E-state index >= 15 is 0 Å². The Morgan fingerprint density at radius 3 is 2.43 bits per heavy atom. The third-order valence-corrected chi connectivity index (χ3v) is 5.02. The normalized spacial score (nSPS) is 10.8. The molecule has 28 heavy (non-hydrogen) atoms. The lowest BCUT2D eigenvalue weighted by Crippen LogP contribution is -2.19. The van der Waals surface area contributed by atoms with E-state index in [0.717, 1.165) is 31.4 Å². The molecule has 0 fully saturated rings. The van der Waals surface area contributed by atoms with Gasteiger partial charge < -0.3 is 4.74 Å². The zero-order valence-electron chi connectivity index (χ0n) is 14.9. The molecule has 4 nitrogen and oxygen atoms in total. The monoisotopic (exact) mass is 500 g/mol. The first-order valence-electron chi connectivity index (χ1n) is 8.63. The van der Waals surface area contributed by atoms with Gasteiger partial charge in [0.05, 0.1) is 17.1 Å². The van der Waals surface area contributed by atoms with Gasteiger partial charge in [0.1, 0.15) is 12.4 Å². The molecule has 0 radical (unpaired) electrons. The summed E-state index contributed by atoms with van der Waals surface area (Å²) in [6.07, 6.45) is 1.88. The van der Waals surface area contributed by atoms with Gasteiger partial charge in [-0.2, -0.15) is 5.10 Å². The average Bonchev–Trinajstić information content (AvgIpc) is 2.70. The highest BCUT2D eigenvalue weighted by Gasteiger charge is 2.04. The number of amides is 1. The summed E-state index contributed by atoms with van der Waals surface area (Å²) in [5.74, 6) is 0.584. The fourth-order valence-electron chi connectivity index (χ4n) is 2.46. The van der Waals surface area contributed by atoms with E-state index < -0.39 is 0 Å². The molecular weight excluding hydrogens is 484 g/mol. The first-order chi connectivity index (χ1) is 13.6. The first-order valence-corrected chi connectivity index (χ1v) is 10.2. The lowest BCUT2D eigenvalue weighted by Gasteiger charge is -2.08. The van der Waals surface area contributed by atoms with E-state index in [1.54, 1.807) is 6.21 Å². The van der Waals surface area contributed by atoms with Crippen LogP contribution in [-0.2, 0) is 17.8 Å². The highest BCUT2D eigenvalue weighted by molar-refractivity contribution is 9.10. The smallest absolute Gasteiger partial charge is 0.244 e. The second-order valence-electron chi connectivity index (χ2n) is 6.06. The SMILES string of the molecule is O=C(Cc1ccc(Br)cc1)N/N=C\c1ccc(OCc2ccccc2)c(Br)c1. The first kappa shape index (κ1) is 20.3. The second-order valence-corrected chi connectivity index (χ2v) is 7.83. The van der Waals surface area contributed by atoms with Gasteiger partial charge >= 0.3 is 0 Å². The van der Waals surface area contributed by atoms with Gasteiger partial charge in [-0.15, -0.1) is 0 Å². The average molecular weight is 502 g/mol. The number of hydrazone groups is 1. The quantitative estimate of drug-likeness (QED) is 0.344. The Morgan fingerprint density at radius 2 is 1.71 bits per heavy atom. The summed E-state index contributed by atoms with van der Waals surface area (Å²) < 4.78 is 7.64. The minimum absolute atomic E-state index is 0.166. The van der Waals surface area contributed by atoms with E-state index in [4.69, 9.17) is 4.74 Å². The topological polar surface area (TPSA) is 50.7 Å². The van der Waals surface area contributed by atoms with Crippen LogP contribution in [-0.4, -0.2) is 12.1 Å². The van der Waals surface area contributed by atoms with Crippen molar-refractivity contribution in [3.63, 3.8) is 0 Å². The molecular formula is C22H18Br2N2O2. The predicted octanol–water partition coefficient (Wildman–Crippen LogP) is 5.48. The van der Waals surface area contributed by atoms with E-state index in [-0.39, 0.29) is 12.3 Å². The minimum atomic E-state index is -0.166. The number of carbonyl (C=O) groups excluding carboxylic acids is 1. The Bertz CT molecular complexity index is 958. The number of benzene rings is 3. The van der Waals surface area contributed by atoms with Crippen molar-refractivity contribution >= 4 is 44.0 Å². The zero-order valence-corrected chi connectivity index (χ0v) is 18.1. The van der Waals surface area contributed by atoms with Crippen LogP contribution in [0.2, 0.25) is 0 Å². The van der Waals surface area contributed by atoms with E-state index in [9.17, 15) is 4.79 Å². The van der Waals surface area contributed by atoms with Crippen molar-refractivity contribution in [3.8, 4) is 5.75 Å². The Hall–Kier alpha value is -2.44. The minimum Gasteiger partial charge on any atom is -0.488 e. The number of ether oxygens (including phenoxy) is 1. The van der Waals surface area contributed by atoms with Gasteiger partial charge in [0.15, 0.2) is 0 Å². The maximum absolute atomic E-state index is 12.0. The molecule has 0 atom stereocenters. The molecule has 3 aromatic carbocycles. The van der Waals surface area contributed by atoms with Crippen molar-refractivity contribution in [1.29, 1.82) is 0 Å². The standard InChI is InChI=1S/C22H18Br2N2O2/c23-19-9-6-16(7-10-19)13-22(27)26-25-14-18-8-11-21(20(24)12-18)28-15-17-4-2-1-3-5-17/h1-12,14H,13,15H2,(H,26,27)/b25-14-. The maximum atomic E-state index is 12.0. The number of hydrogen-bond donors (Lipinski definition) is 1. The Labute approximate surface area is 180 Å². The number of hydrogen-bond acceptors (Lipinski definition) is 3. The molecule has 0 saturated heterocycles. The van der Waals surface area contributed by atoms with Crippen LogP contribution >= 0.6 is 31.9 Å². The number of nitrogens with one attached hydrogen (secondary N) is 1. The second kappa shape index (κ2) is 10.2. The summed E-state index contributed by atoms with van der Waals surface area (Å²) in [5, 5.41) is 4.02. The summed E-state index contributed by atoms with van der Waals surface area (Å²) in [5.41, 5.74) is 5.43. The third-order valence-electron chi connectivity index (χ3n) is 3.87. The predicted molar refractivity (Wildman–Crippen MR) is 118 cm³/mol. The molecule has 0 bridgehead atoms. The van der Waals surface area contributed by atoms with Crippen LogP contribution in [0.1, 0.15) is 16.7 Å². The molecule has 0 heterocycles. The largest absolute Gasteiger partial charge is 0.488 e. The fourth-order valence-corrected chi connectivity index (χ4v) is 3.23. The molecule has 0 aromatic heterocycles. The van der Waals surface area contributed by atoms with E-state index in [0.29, 0.717) is 6.61 Å². The van der Waals surface area contributed by atoms with Crippen LogP contribution < -0.4 is 10.2 Å². The van der Waals surface area contributed by atoms with Crippen LogP contribution in [0.3, 0.4) is 0 Å². The summed E-state index contributed by atoms with van der Waals surface area (Å²) in [7, 11) is 0. The number of nitrogens with zero attached hydrogens (tertiary/aromatic N) is 1. The van der Waals surface area contributed by atoms with E-state index in [1.165, 1.54) is 0 Å². The fraction of sp³-hybridized carbons (Fsp3) is 0.0909. The summed E-state index contributed by atoms with van der Waals surface area (Å²) in [6, 6.07) is 23.3. The lowest BCUT2D eigenvalue weighted by molar-refractivity contribution is -0.120. The number of carbonyl (C=O) groups is 1. The molecule has 3 rings (SSSR count). The summed E-state index contributed by atoms with van der Waals surface area (Å²) in [6.45, 7) is 0.499. The van der Waals surface area contributed by atoms with Crippen LogP contribution in [0.4, 0.5) is 0 Å². The van der Waals surface area contributed by atoms with Gasteiger partial charge in [-0.3, -0.25) is 4.79 Å². The molecule has 3 aromatic rings. The van der Waals surface area contributed by atoms with Crippen molar-refractivity contribution < 1.29 is 9.53 Å². The number of halogens is 2. The molecule has 0 aliphatic heterocycles. The molecule has 0 aliphatic rings. The molecule has 0 saturated carbocycles. The van der Waals surface area contributed by atoms with Crippen molar-refractivity contribution in [3.05, 3.63) is 98.4 Å². The molecule has 0 unspecified atom stereocenters. The highest BCUT2D eigenvalue weighted by atomic mass is 79.9. The van der Waals surface area contributed by atoms with Crippen LogP contribution in [0.15, 0.2) is 86.8 Å². The Kier molecular flexibility index (Phi) is 7.39. The zero-order chi connectivity index (χ0) is 19.8. The highest BCUT2D eigenvalue weighted by Crippen LogP contribution is 2.26. The van der Waals surface area contributed by atoms with Gasteiger partial charge in [0.25, 0.3) is 0 Å². The van der Waals surface area contributed by atoms with Crippen molar-refractivity contribution in [1.82, 2.24) is 5.43 Å². The molecule has 1 amide bonds. The van der Waals surface area contributed by atoms with Crippen LogP contribution in [0.5, 0.6) is 5.75 Å². The van der Waals surface area contributed by atoms with Crippen molar-refractivity contribution in [2.75, 3.05) is 0 Å². The van der Waals surface area contributed by atoms with Gasteiger partial charge in [-0.25, -0.2) is 5.43 Å². The molecule has 0 spiro atoms. The number of rotatable bonds is 7. The third kappa shape index (κ3) is 6.32.